The van der Waals surface area contributed by atoms with E-state index >= 15 is 0 Å². The molecule has 1 spiro atoms. The van der Waals surface area contributed by atoms with Gasteiger partial charge in [-0.1, -0.05) is 18.9 Å². The molecule has 1 aromatic carbocycles. The highest BCUT2D eigenvalue weighted by Gasteiger charge is 2.58. The van der Waals surface area contributed by atoms with Crippen molar-refractivity contribution in [3.05, 3.63) is 29.3 Å². The third-order valence-electron chi connectivity index (χ3n) is 4.84. The van der Waals surface area contributed by atoms with Crippen LogP contribution < -0.4 is 5.32 Å². The van der Waals surface area contributed by atoms with E-state index in [0.29, 0.717) is 11.3 Å². The quantitative estimate of drug-likeness (QED) is 0.888. The fourth-order valence-electron chi connectivity index (χ4n) is 3.51. The normalized spacial score (nSPS) is 22.8. The standard InChI is InChI=1S/C16H19NO3/c1-10-4-5-11(8-12(10)15(19)20)17-14(18)13-9-16(13)6-2-3-7-16/h4-5,8,13H,2-3,6-7,9H2,1H3,(H,17,18)(H,19,20). The lowest BCUT2D eigenvalue weighted by Crippen LogP contribution is -2.18. The van der Waals surface area contributed by atoms with Crippen LogP contribution in [-0.2, 0) is 4.79 Å². The van der Waals surface area contributed by atoms with Crippen molar-refractivity contribution in [2.45, 2.75) is 39.0 Å². The predicted octanol–water partition coefficient (Wildman–Crippen LogP) is 3.21. The Morgan fingerprint density at radius 1 is 1.30 bits per heavy atom. The minimum absolute atomic E-state index is 0.0482. The second-order valence-corrected chi connectivity index (χ2v) is 6.15. The van der Waals surface area contributed by atoms with E-state index in [9.17, 15) is 9.59 Å². The molecular weight excluding hydrogens is 254 g/mol. The molecule has 0 aromatic heterocycles. The van der Waals surface area contributed by atoms with Crippen LogP contribution in [0.2, 0.25) is 0 Å². The third kappa shape index (κ3) is 2.19. The Labute approximate surface area is 118 Å². The zero-order chi connectivity index (χ0) is 14.3. The van der Waals surface area contributed by atoms with Gasteiger partial charge >= 0.3 is 5.97 Å². The maximum Gasteiger partial charge on any atom is 0.336 e. The second kappa shape index (κ2) is 4.62. The summed E-state index contributed by atoms with van der Waals surface area (Å²) in [6.07, 6.45) is 5.80. The number of carbonyl (C=O) groups is 2. The number of anilines is 1. The molecule has 20 heavy (non-hydrogen) atoms. The molecule has 2 N–H and O–H groups in total. The maximum absolute atomic E-state index is 12.2. The number of hydrogen-bond acceptors (Lipinski definition) is 2. The van der Waals surface area contributed by atoms with Gasteiger partial charge in [0.15, 0.2) is 0 Å². The van der Waals surface area contributed by atoms with Crippen LogP contribution in [0, 0.1) is 18.3 Å². The molecule has 2 fully saturated rings. The van der Waals surface area contributed by atoms with Gasteiger partial charge in [0.05, 0.1) is 5.56 Å². The molecule has 1 amide bonds. The molecule has 3 rings (SSSR count). The van der Waals surface area contributed by atoms with Crippen molar-refractivity contribution in [2.24, 2.45) is 11.3 Å². The van der Waals surface area contributed by atoms with Crippen molar-refractivity contribution in [1.29, 1.82) is 0 Å². The van der Waals surface area contributed by atoms with Crippen molar-refractivity contribution in [3.63, 3.8) is 0 Å². The van der Waals surface area contributed by atoms with Crippen molar-refractivity contribution in [1.82, 2.24) is 0 Å². The highest BCUT2D eigenvalue weighted by Crippen LogP contribution is 2.63. The summed E-state index contributed by atoms with van der Waals surface area (Å²) >= 11 is 0. The molecule has 0 heterocycles. The van der Waals surface area contributed by atoms with E-state index < -0.39 is 5.97 Å². The Morgan fingerprint density at radius 2 is 2.00 bits per heavy atom. The van der Waals surface area contributed by atoms with Gasteiger partial charge in [0.2, 0.25) is 5.91 Å². The van der Waals surface area contributed by atoms with E-state index in [1.54, 1.807) is 25.1 Å². The first kappa shape index (κ1) is 13.2. The van der Waals surface area contributed by atoms with Gasteiger partial charge in [0.1, 0.15) is 0 Å². The molecule has 0 saturated heterocycles. The van der Waals surface area contributed by atoms with E-state index in [-0.39, 0.29) is 22.8 Å². The highest BCUT2D eigenvalue weighted by molar-refractivity contribution is 5.97. The predicted molar refractivity (Wildman–Crippen MR) is 75.8 cm³/mol. The molecule has 4 heteroatoms. The Bertz CT molecular complexity index is 573. The van der Waals surface area contributed by atoms with Gasteiger partial charge in [-0.25, -0.2) is 4.79 Å². The molecule has 2 aliphatic carbocycles. The Kier molecular flexibility index (Phi) is 3.04. The molecule has 1 aromatic rings. The third-order valence-corrected chi connectivity index (χ3v) is 4.84. The van der Waals surface area contributed by atoms with Gasteiger partial charge in [0.25, 0.3) is 0 Å². The van der Waals surface area contributed by atoms with Crippen molar-refractivity contribution >= 4 is 17.6 Å². The molecule has 4 nitrogen and oxygen atoms in total. The molecule has 1 atom stereocenters. The number of carboxylic acid groups (broad SMARTS) is 1. The average Bonchev–Trinajstić information content (AvgIpc) is 2.90. The van der Waals surface area contributed by atoms with Gasteiger partial charge in [-0.05, 0) is 49.3 Å². The van der Waals surface area contributed by atoms with Crippen LogP contribution in [-0.4, -0.2) is 17.0 Å². The van der Waals surface area contributed by atoms with E-state index in [1.807, 2.05) is 0 Å². The number of rotatable bonds is 3. The smallest absolute Gasteiger partial charge is 0.336 e. The van der Waals surface area contributed by atoms with E-state index in [0.717, 1.165) is 6.42 Å². The molecule has 1 unspecified atom stereocenters. The Morgan fingerprint density at radius 3 is 2.65 bits per heavy atom. The van der Waals surface area contributed by atoms with Crippen molar-refractivity contribution in [2.75, 3.05) is 5.32 Å². The lowest BCUT2D eigenvalue weighted by Gasteiger charge is -2.10. The summed E-state index contributed by atoms with van der Waals surface area (Å²) < 4.78 is 0. The van der Waals surface area contributed by atoms with Crippen molar-refractivity contribution < 1.29 is 14.7 Å². The van der Waals surface area contributed by atoms with Crippen LogP contribution in [0.25, 0.3) is 0 Å². The van der Waals surface area contributed by atoms with Gasteiger partial charge in [-0.3, -0.25) is 4.79 Å². The fourth-order valence-corrected chi connectivity index (χ4v) is 3.51. The molecule has 2 saturated carbocycles. The Hall–Kier alpha value is -1.84. The summed E-state index contributed by atoms with van der Waals surface area (Å²) in [6, 6.07) is 5.04. The highest BCUT2D eigenvalue weighted by atomic mass is 16.4. The summed E-state index contributed by atoms with van der Waals surface area (Å²) in [6.45, 7) is 1.75. The maximum atomic E-state index is 12.2. The van der Waals surface area contributed by atoms with Crippen molar-refractivity contribution in [3.8, 4) is 0 Å². The number of aromatic carboxylic acids is 1. The van der Waals surface area contributed by atoms with Crippen LogP contribution in [0.1, 0.15) is 48.0 Å². The van der Waals surface area contributed by atoms with Crippen LogP contribution >= 0.6 is 0 Å². The fraction of sp³-hybridized carbons (Fsp3) is 0.500. The van der Waals surface area contributed by atoms with Crippen LogP contribution in [0.15, 0.2) is 18.2 Å². The van der Waals surface area contributed by atoms with E-state index in [4.69, 9.17) is 5.11 Å². The van der Waals surface area contributed by atoms with E-state index in [1.165, 1.54) is 25.7 Å². The largest absolute Gasteiger partial charge is 0.478 e. The zero-order valence-corrected chi connectivity index (χ0v) is 11.6. The minimum Gasteiger partial charge on any atom is -0.478 e. The number of benzene rings is 1. The van der Waals surface area contributed by atoms with Gasteiger partial charge in [-0.15, -0.1) is 0 Å². The number of nitrogens with one attached hydrogen (secondary N) is 1. The number of hydrogen-bond donors (Lipinski definition) is 2. The summed E-state index contributed by atoms with van der Waals surface area (Å²) in [7, 11) is 0. The zero-order valence-electron chi connectivity index (χ0n) is 11.6. The average molecular weight is 273 g/mol. The van der Waals surface area contributed by atoms with Crippen LogP contribution in [0.5, 0.6) is 0 Å². The summed E-state index contributed by atoms with van der Waals surface area (Å²) in [5.41, 5.74) is 1.80. The number of amides is 1. The molecule has 0 aliphatic heterocycles. The van der Waals surface area contributed by atoms with Crippen LogP contribution in [0.4, 0.5) is 5.69 Å². The second-order valence-electron chi connectivity index (χ2n) is 6.15. The molecule has 0 radical (unpaired) electrons. The lowest BCUT2D eigenvalue weighted by molar-refractivity contribution is -0.118. The van der Waals surface area contributed by atoms with Gasteiger partial charge in [0, 0.05) is 11.6 Å². The monoisotopic (exact) mass is 273 g/mol. The van der Waals surface area contributed by atoms with Gasteiger partial charge < -0.3 is 10.4 Å². The molecular formula is C16H19NO3. The van der Waals surface area contributed by atoms with Crippen LogP contribution in [0.3, 0.4) is 0 Å². The Balaban J connectivity index is 1.71. The molecule has 106 valence electrons. The topological polar surface area (TPSA) is 66.4 Å². The summed E-state index contributed by atoms with van der Waals surface area (Å²) in [4.78, 5) is 23.3. The lowest BCUT2D eigenvalue weighted by atomic mass is 10.0. The SMILES string of the molecule is Cc1ccc(NC(=O)C2CC23CCCC3)cc1C(=O)O. The van der Waals surface area contributed by atoms with E-state index in [2.05, 4.69) is 5.32 Å². The minimum atomic E-state index is -0.961. The first-order valence-electron chi connectivity index (χ1n) is 7.17. The first-order chi connectivity index (χ1) is 9.52. The number of aryl methyl sites for hydroxylation is 1. The number of carbonyl (C=O) groups excluding carboxylic acids is 1. The summed E-state index contributed by atoms with van der Waals surface area (Å²) in [5.74, 6) is -0.788. The number of carboxylic acids is 1. The molecule has 2 aliphatic rings. The van der Waals surface area contributed by atoms with Gasteiger partial charge in [-0.2, -0.15) is 0 Å². The first-order valence-corrected chi connectivity index (χ1v) is 7.17. The summed E-state index contributed by atoms with van der Waals surface area (Å²) in [5, 5.41) is 12.0. The molecule has 0 bridgehead atoms.